The van der Waals surface area contributed by atoms with Crippen molar-refractivity contribution < 1.29 is 23.9 Å². The van der Waals surface area contributed by atoms with Gasteiger partial charge in [0.15, 0.2) is 0 Å². The first-order chi connectivity index (χ1) is 21.8. The number of likely N-dealkylation sites (N-methyl/N-ethyl adjacent to an activating group) is 1. The molecular formula is C35H37BrN4O5. The van der Waals surface area contributed by atoms with Crippen LogP contribution in [0.4, 0.5) is 5.69 Å². The second kappa shape index (κ2) is 13.5. The fraction of sp³-hybridized carbons (Fsp3) is 0.371. The van der Waals surface area contributed by atoms with Gasteiger partial charge in [-0.15, -0.1) is 0 Å². The third kappa shape index (κ3) is 6.53. The molecule has 1 saturated heterocycles. The van der Waals surface area contributed by atoms with Crippen LogP contribution in [0.5, 0.6) is 5.75 Å². The molecule has 0 radical (unpaired) electrons. The molecule has 0 aromatic heterocycles. The number of anilines is 1. The van der Waals surface area contributed by atoms with Crippen molar-refractivity contribution in [2.24, 2.45) is 0 Å². The maximum absolute atomic E-state index is 13.3. The number of carbonyl (C=O) groups is 4. The predicted octanol–water partition coefficient (Wildman–Crippen LogP) is 5.13. The maximum atomic E-state index is 13.3. The van der Waals surface area contributed by atoms with Gasteiger partial charge in [-0.3, -0.25) is 29.4 Å². The highest BCUT2D eigenvalue weighted by atomic mass is 79.9. The Hall–Kier alpha value is -4.02. The number of rotatable bonds is 10. The Balaban J connectivity index is 1.02. The van der Waals surface area contributed by atoms with Gasteiger partial charge in [0.05, 0.1) is 22.2 Å². The van der Waals surface area contributed by atoms with Crippen LogP contribution in [0, 0.1) is 0 Å². The zero-order valence-corrected chi connectivity index (χ0v) is 26.9. The normalized spacial score (nSPS) is 20.0. The van der Waals surface area contributed by atoms with E-state index in [4.69, 9.17) is 4.74 Å². The minimum absolute atomic E-state index is 0.0911. The summed E-state index contributed by atoms with van der Waals surface area (Å²) in [6.45, 7) is 3.18. The molecule has 3 heterocycles. The molecule has 2 unspecified atom stereocenters. The number of amides is 4. The van der Waals surface area contributed by atoms with E-state index >= 15 is 0 Å². The molecule has 1 fully saturated rings. The topological polar surface area (TPSA) is 108 Å². The lowest BCUT2D eigenvalue weighted by molar-refractivity contribution is -0.136. The highest BCUT2D eigenvalue weighted by Gasteiger charge is 2.45. The van der Waals surface area contributed by atoms with Gasteiger partial charge in [0.25, 0.3) is 11.8 Å². The number of hydrogen-bond donors (Lipinski definition) is 2. The van der Waals surface area contributed by atoms with Crippen molar-refractivity contribution >= 4 is 45.2 Å². The maximum Gasteiger partial charge on any atom is 0.264 e. The number of imide groups is 2. The van der Waals surface area contributed by atoms with E-state index < -0.39 is 29.7 Å². The van der Waals surface area contributed by atoms with E-state index in [0.717, 1.165) is 53.9 Å². The second-order valence-corrected chi connectivity index (χ2v) is 12.8. The van der Waals surface area contributed by atoms with E-state index in [0.29, 0.717) is 18.8 Å². The van der Waals surface area contributed by atoms with E-state index in [9.17, 15) is 19.2 Å². The van der Waals surface area contributed by atoms with Crippen LogP contribution in [0.3, 0.4) is 0 Å². The average molecular weight is 674 g/mol. The molecule has 2 atom stereocenters. The van der Waals surface area contributed by atoms with Crippen molar-refractivity contribution in [3.8, 4) is 5.75 Å². The zero-order valence-electron chi connectivity index (χ0n) is 25.3. The Morgan fingerprint density at radius 3 is 2.58 bits per heavy atom. The first-order valence-electron chi connectivity index (χ1n) is 15.6. The molecule has 4 amide bonds. The van der Waals surface area contributed by atoms with Crippen molar-refractivity contribution in [2.45, 2.75) is 50.5 Å². The number of fused-ring (bicyclic) bond motifs is 2. The molecular weight excluding hydrogens is 636 g/mol. The minimum Gasteiger partial charge on any atom is -0.492 e. The first-order valence-corrected chi connectivity index (χ1v) is 16.4. The number of unbranched alkanes of at least 4 members (excludes halogenated alkanes) is 2. The number of nitrogens with zero attached hydrogens (tertiary/aromatic N) is 2. The Bertz CT molecular complexity index is 1630. The average Bonchev–Trinajstić information content (AvgIpc) is 3.17. The van der Waals surface area contributed by atoms with Crippen LogP contribution >= 0.6 is 15.9 Å². The summed E-state index contributed by atoms with van der Waals surface area (Å²) < 4.78 is 7.24. The summed E-state index contributed by atoms with van der Waals surface area (Å²) in [5, 5.41) is 5.55. The Kier molecular flexibility index (Phi) is 9.32. The van der Waals surface area contributed by atoms with Gasteiger partial charge in [-0.05, 0) is 96.0 Å². The largest absolute Gasteiger partial charge is 0.492 e. The number of benzene rings is 3. The fourth-order valence-corrected chi connectivity index (χ4v) is 7.02. The quantitative estimate of drug-likeness (QED) is 0.227. The van der Waals surface area contributed by atoms with Crippen molar-refractivity contribution in [1.82, 2.24) is 15.1 Å². The smallest absolute Gasteiger partial charge is 0.264 e. The highest BCUT2D eigenvalue weighted by molar-refractivity contribution is 9.10. The van der Waals surface area contributed by atoms with Crippen LogP contribution in [-0.2, 0) is 16.0 Å². The summed E-state index contributed by atoms with van der Waals surface area (Å²) in [5.41, 5.74) is 5.12. The molecule has 6 rings (SSSR count). The third-order valence-electron chi connectivity index (χ3n) is 8.89. The fourth-order valence-electron chi connectivity index (χ4n) is 6.52. The number of hydrogen-bond acceptors (Lipinski definition) is 7. The molecule has 3 aliphatic heterocycles. The van der Waals surface area contributed by atoms with Gasteiger partial charge in [0.1, 0.15) is 11.8 Å². The lowest BCUT2D eigenvalue weighted by atomic mass is 9.88. The van der Waals surface area contributed by atoms with Crippen molar-refractivity contribution in [3.05, 3.63) is 93.0 Å². The molecule has 0 spiro atoms. The van der Waals surface area contributed by atoms with E-state index in [1.54, 1.807) is 18.2 Å². The summed E-state index contributed by atoms with van der Waals surface area (Å²) in [5.74, 6) is -0.867. The van der Waals surface area contributed by atoms with E-state index in [1.807, 2.05) is 0 Å². The zero-order chi connectivity index (χ0) is 31.5. The Morgan fingerprint density at radius 1 is 0.956 bits per heavy atom. The van der Waals surface area contributed by atoms with Crippen LogP contribution in [0.15, 0.2) is 65.1 Å². The molecule has 10 heteroatoms. The lowest BCUT2D eigenvalue weighted by Gasteiger charge is -2.27. The van der Waals surface area contributed by atoms with Crippen LogP contribution < -0.4 is 15.4 Å². The highest BCUT2D eigenvalue weighted by Crippen LogP contribution is 2.38. The Morgan fingerprint density at radius 2 is 1.78 bits per heavy atom. The minimum atomic E-state index is -0.979. The summed E-state index contributed by atoms with van der Waals surface area (Å²) >= 11 is 3.74. The number of piperidine rings is 1. The van der Waals surface area contributed by atoms with Gasteiger partial charge < -0.3 is 15.0 Å². The monoisotopic (exact) mass is 672 g/mol. The van der Waals surface area contributed by atoms with Crippen molar-refractivity contribution in [3.63, 3.8) is 0 Å². The predicted molar refractivity (Wildman–Crippen MR) is 175 cm³/mol. The summed E-state index contributed by atoms with van der Waals surface area (Å²) in [7, 11) is 2.18. The van der Waals surface area contributed by atoms with E-state index in [2.05, 4.69) is 81.0 Å². The van der Waals surface area contributed by atoms with Gasteiger partial charge in [-0.25, -0.2) is 0 Å². The van der Waals surface area contributed by atoms with Gasteiger partial charge in [-0.1, -0.05) is 36.4 Å². The number of halogens is 1. The van der Waals surface area contributed by atoms with Crippen LogP contribution in [0.2, 0.25) is 0 Å². The van der Waals surface area contributed by atoms with Gasteiger partial charge in [0.2, 0.25) is 11.8 Å². The van der Waals surface area contributed by atoms with E-state index in [1.165, 1.54) is 16.7 Å². The van der Waals surface area contributed by atoms with Gasteiger partial charge >= 0.3 is 0 Å². The van der Waals surface area contributed by atoms with Crippen LogP contribution in [0.1, 0.15) is 75.4 Å². The third-order valence-corrected chi connectivity index (χ3v) is 9.51. The molecule has 9 nitrogen and oxygen atoms in total. The summed E-state index contributed by atoms with van der Waals surface area (Å²) in [6, 6.07) is 19.2. The molecule has 0 saturated carbocycles. The molecule has 234 valence electrons. The van der Waals surface area contributed by atoms with Crippen molar-refractivity contribution in [2.75, 3.05) is 38.6 Å². The molecule has 3 aromatic rings. The second-order valence-electron chi connectivity index (χ2n) is 12.0. The molecule has 0 bridgehead atoms. The van der Waals surface area contributed by atoms with Crippen molar-refractivity contribution in [1.29, 1.82) is 0 Å². The number of ether oxygens (including phenoxy) is 1. The molecule has 45 heavy (non-hydrogen) atoms. The molecule has 0 aliphatic carbocycles. The molecule has 3 aliphatic rings. The first kappa shape index (κ1) is 31.0. The number of carbonyl (C=O) groups excluding carboxylic acids is 4. The van der Waals surface area contributed by atoms with Crippen LogP contribution in [-0.4, -0.2) is 72.8 Å². The Labute approximate surface area is 271 Å². The number of nitrogens with one attached hydrogen (secondary N) is 2. The lowest BCUT2D eigenvalue weighted by Crippen LogP contribution is -2.54. The summed E-state index contributed by atoms with van der Waals surface area (Å²) in [4.78, 5) is 53.7. The molecule has 3 aromatic carbocycles. The van der Waals surface area contributed by atoms with Gasteiger partial charge in [-0.2, -0.15) is 0 Å². The summed E-state index contributed by atoms with van der Waals surface area (Å²) in [6.07, 6.45) is 3.85. The van der Waals surface area contributed by atoms with Crippen LogP contribution in [0.25, 0.3) is 0 Å². The van der Waals surface area contributed by atoms with E-state index in [-0.39, 0.29) is 29.9 Å². The standard InChI is InChI=1S/C35H37BrN4O5/c1-39-17-15-23-19-27(36)30(20-25(23)26(21-39)22-9-4-2-5-10-22)45-18-7-3-6-16-37-28-12-8-11-24-32(28)35(44)40(34(24)43)29-13-14-31(41)38-33(29)42/h2,4-5,8-12,19-20,26,29,37H,3,6-7,13-18,21H2,1H3,(H,38,41,42). The van der Waals surface area contributed by atoms with Gasteiger partial charge in [0, 0.05) is 37.7 Å². The molecule has 2 N–H and O–H groups in total. The SMILES string of the molecule is CN1CCc2cc(Br)c(OCCCCCNc3cccc4c3C(=O)N(C3CCC(=O)NC3=O)C4=O)cc2C(c2ccccc2)C1.